The van der Waals surface area contributed by atoms with Crippen molar-refractivity contribution >= 4 is 17.5 Å². The molecule has 120 valence electrons. The fourth-order valence-electron chi connectivity index (χ4n) is 1.98. The lowest BCUT2D eigenvalue weighted by molar-refractivity contribution is 0.415. The molecule has 2 aromatic rings. The van der Waals surface area contributed by atoms with Gasteiger partial charge in [-0.15, -0.1) is 0 Å². The molecule has 0 saturated heterocycles. The van der Waals surface area contributed by atoms with Crippen LogP contribution in [0.1, 0.15) is 11.1 Å². The van der Waals surface area contributed by atoms with Crippen molar-refractivity contribution in [2.24, 2.45) is 5.10 Å². The topological polar surface area (TPSA) is 105 Å². The molecule has 0 aliphatic rings. The normalized spacial score (nSPS) is 9.52. The van der Waals surface area contributed by atoms with Crippen LogP contribution in [0.25, 0.3) is 5.57 Å². The molecule has 25 heavy (non-hydrogen) atoms. The van der Waals surface area contributed by atoms with E-state index < -0.39 is 0 Å². The van der Waals surface area contributed by atoms with Crippen LogP contribution in [0, 0.1) is 34.0 Å². The zero-order valence-electron chi connectivity index (χ0n) is 13.4. The first kappa shape index (κ1) is 17.3. The molecule has 0 bridgehead atoms. The van der Waals surface area contributed by atoms with Gasteiger partial charge in [0.15, 0.2) is 0 Å². The maximum absolute atomic E-state index is 9.13. The Bertz CT molecular complexity index is 904. The third kappa shape index (κ3) is 4.45. The van der Waals surface area contributed by atoms with Crippen LogP contribution in [0.3, 0.4) is 0 Å². The maximum atomic E-state index is 9.13. The third-order valence-electron chi connectivity index (χ3n) is 3.28. The van der Waals surface area contributed by atoms with Crippen LogP contribution in [0.15, 0.2) is 59.2 Å². The van der Waals surface area contributed by atoms with Crippen molar-refractivity contribution in [3.05, 3.63) is 65.2 Å². The summed E-state index contributed by atoms with van der Waals surface area (Å²) in [4.78, 5) is 0. The van der Waals surface area contributed by atoms with Gasteiger partial charge < -0.3 is 4.74 Å². The minimum Gasteiger partial charge on any atom is -0.497 e. The smallest absolute Gasteiger partial charge is 0.148 e. The second-order valence-corrected chi connectivity index (χ2v) is 4.81. The summed E-state index contributed by atoms with van der Waals surface area (Å²) < 4.78 is 5.09. The highest BCUT2D eigenvalue weighted by molar-refractivity contribution is 5.85. The molecule has 0 radical (unpaired) electrons. The molecule has 0 saturated carbocycles. The van der Waals surface area contributed by atoms with Crippen molar-refractivity contribution < 1.29 is 4.74 Å². The van der Waals surface area contributed by atoms with Crippen LogP contribution in [-0.2, 0) is 0 Å². The Morgan fingerprint density at radius 2 is 1.60 bits per heavy atom. The predicted molar refractivity (Wildman–Crippen MR) is 94.4 cm³/mol. The monoisotopic (exact) mass is 327 g/mol. The van der Waals surface area contributed by atoms with Crippen LogP contribution < -0.4 is 10.2 Å². The summed E-state index contributed by atoms with van der Waals surface area (Å²) in [5, 5.41) is 31.0. The van der Waals surface area contributed by atoms with E-state index in [1.54, 1.807) is 49.7 Å². The van der Waals surface area contributed by atoms with Crippen molar-refractivity contribution in [2.45, 2.75) is 0 Å². The molecule has 0 aliphatic carbocycles. The Morgan fingerprint density at radius 1 is 0.960 bits per heavy atom. The van der Waals surface area contributed by atoms with E-state index in [2.05, 4.69) is 10.5 Å². The average Bonchev–Trinajstić information content (AvgIpc) is 2.67. The highest BCUT2D eigenvalue weighted by Gasteiger charge is 2.08. The molecule has 0 fully saturated rings. The first-order chi connectivity index (χ1) is 12.2. The fraction of sp³-hybridized carbons (Fsp3) is 0.0526. The molecule has 2 aromatic carbocycles. The zero-order chi connectivity index (χ0) is 18.1. The first-order valence-electron chi connectivity index (χ1n) is 7.20. The molecule has 0 aromatic heterocycles. The number of nitrogens with zero attached hydrogens (tertiary/aromatic N) is 4. The molecule has 6 heteroatoms. The zero-order valence-corrected chi connectivity index (χ0v) is 13.4. The molecule has 1 N–H and O–H groups in total. The van der Waals surface area contributed by atoms with Gasteiger partial charge in [0.25, 0.3) is 0 Å². The lowest BCUT2D eigenvalue weighted by Crippen LogP contribution is -1.92. The summed E-state index contributed by atoms with van der Waals surface area (Å²) >= 11 is 0. The van der Waals surface area contributed by atoms with Gasteiger partial charge in [-0.3, -0.25) is 5.43 Å². The van der Waals surface area contributed by atoms with Gasteiger partial charge in [-0.2, -0.15) is 20.9 Å². The summed E-state index contributed by atoms with van der Waals surface area (Å²) in [6.45, 7) is 0. The maximum Gasteiger partial charge on any atom is 0.148 e. The van der Waals surface area contributed by atoms with Gasteiger partial charge in [-0.1, -0.05) is 12.1 Å². The molecule has 0 spiro atoms. The van der Waals surface area contributed by atoms with Crippen LogP contribution >= 0.6 is 0 Å². The predicted octanol–water partition coefficient (Wildman–Crippen LogP) is 3.47. The van der Waals surface area contributed by atoms with E-state index in [-0.39, 0.29) is 11.1 Å². The van der Waals surface area contributed by atoms with E-state index >= 15 is 0 Å². The lowest BCUT2D eigenvalue weighted by Gasteiger charge is -2.03. The summed E-state index contributed by atoms with van der Waals surface area (Å²) in [6.07, 6.45) is 1.66. The SMILES string of the molecule is COc1ccc(/C=N/Nc2ccc(C(C#N)=C(C#N)C#N)cc2)cc1. The van der Waals surface area contributed by atoms with E-state index in [9.17, 15) is 0 Å². The van der Waals surface area contributed by atoms with Crippen molar-refractivity contribution in [2.75, 3.05) is 12.5 Å². The highest BCUT2D eigenvalue weighted by Crippen LogP contribution is 2.20. The van der Waals surface area contributed by atoms with E-state index in [0.29, 0.717) is 11.3 Å². The van der Waals surface area contributed by atoms with Gasteiger partial charge in [0.2, 0.25) is 0 Å². The first-order valence-corrected chi connectivity index (χ1v) is 7.20. The molecule has 0 atom stereocenters. The van der Waals surface area contributed by atoms with Crippen molar-refractivity contribution in [3.63, 3.8) is 0 Å². The van der Waals surface area contributed by atoms with Gasteiger partial charge in [0, 0.05) is 0 Å². The van der Waals surface area contributed by atoms with Crippen molar-refractivity contribution in [1.82, 2.24) is 0 Å². The van der Waals surface area contributed by atoms with Crippen LogP contribution in [0.2, 0.25) is 0 Å². The molecule has 0 amide bonds. The minimum atomic E-state index is -0.208. The molecule has 2 rings (SSSR count). The summed E-state index contributed by atoms with van der Waals surface area (Å²) in [5.74, 6) is 0.774. The minimum absolute atomic E-state index is 0.0540. The standard InChI is InChI=1S/C19H13N5O/c1-25-18-8-2-14(3-9-18)13-23-24-17-6-4-15(5-7-17)19(12-22)16(10-20)11-21/h2-9,13,24H,1H3/b23-13+. The number of hydrazone groups is 1. The second-order valence-electron chi connectivity index (χ2n) is 4.81. The van der Waals surface area contributed by atoms with Gasteiger partial charge in [-0.05, 0) is 47.5 Å². The quantitative estimate of drug-likeness (QED) is 0.514. The molecule has 6 nitrogen and oxygen atoms in total. The van der Waals surface area contributed by atoms with E-state index in [1.807, 2.05) is 30.3 Å². The molecule has 0 aliphatic heterocycles. The number of rotatable bonds is 5. The Labute approximate surface area is 145 Å². The number of ether oxygens (including phenoxy) is 1. The van der Waals surface area contributed by atoms with Gasteiger partial charge in [-0.25, -0.2) is 0 Å². The van der Waals surface area contributed by atoms with Crippen molar-refractivity contribution in [1.29, 1.82) is 15.8 Å². The number of hydrogen-bond acceptors (Lipinski definition) is 6. The molecule has 0 unspecified atom stereocenters. The fourth-order valence-corrected chi connectivity index (χ4v) is 1.98. The number of benzene rings is 2. The lowest BCUT2D eigenvalue weighted by atomic mass is 10.0. The Hall–Kier alpha value is -4.08. The Kier molecular flexibility index (Phi) is 5.89. The van der Waals surface area contributed by atoms with E-state index in [4.69, 9.17) is 20.5 Å². The van der Waals surface area contributed by atoms with E-state index in [0.717, 1.165) is 11.3 Å². The van der Waals surface area contributed by atoms with Crippen molar-refractivity contribution in [3.8, 4) is 24.0 Å². The Balaban J connectivity index is 2.09. The summed E-state index contributed by atoms with van der Waals surface area (Å²) in [7, 11) is 1.61. The molecule has 0 heterocycles. The second kappa shape index (κ2) is 8.53. The van der Waals surface area contributed by atoms with Gasteiger partial charge in [0.05, 0.1) is 24.6 Å². The number of nitriles is 3. The number of nitrogens with one attached hydrogen (secondary N) is 1. The third-order valence-corrected chi connectivity index (χ3v) is 3.28. The van der Waals surface area contributed by atoms with Gasteiger partial charge in [0.1, 0.15) is 29.5 Å². The molecular weight excluding hydrogens is 314 g/mol. The number of hydrogen-bond donors (Lipinski definition) is 1. The van der Waals surface area contributed by atoms with Crippen LogP contribution in [0.5, 0.6) is 5.75 Å². The molecular formula is C19H13N5O. The number of allylic oxidation sites excluding steroid dienone is 2. The Morgan fingerprint density at radius 3 is 2.12 bits per heavy atom. The van der Waals surface area contributed by atoms with E-state index in [1.165, 1.54) is 0 Å². The summed E-state index contributed by atoms with van der Waals surface area (Å²) in [5.41, 5.74) is 4.84. The van der Waals surface area contributed by atoms with Crippen LogP contribution in [0.4, 0.5) is 5.69 Å². The summed E-state index contributed by atoms with van der Waals surface area (Å²) in [6, 6.07) is 19.5. The number of anilines is 1. The van der Waals surface area contributed by atoms with Gasteiger partial charge >= 0.3 is 0 Å². The highest BCUT2D eigenvalue weighted by atomic mass is 16.5. The largest absolute Gasteiger partial charge is 0.497 e. The van der Waals surface area contributed by atoms with Crippen LogP contribution in [-0.4, -0.2) is 13.3 Å². The average molecular weight is 327 g/mol. The number of methoxy groups -OCH3 is 1.